The fourth-order valence-corrected chi connectivity index (χ4v) is 0.408. The van der Waals surface area contributed by atoms with Gasteiger partial charge in [0.2, 0.25) is 0 Å². The topological polar surface area (TPSA) is 138 Å². The first kappa shape index (κ1) is 22.0. The average molecular weight is 294 g/mol. The summed E-state index contributed by atoms with van der Waals surface area (Å²) in [4.78, 5) is 2.13. The van der Waals surface area contributed by atoms with Crippen molar-refractivity contribution in [3.05, 3.63) is 0 Å². The minimum absolute atomic E-state index is 0.715. The Balaban J connectivity index is -0.000000177. The normalized spacial score (nSPS) is 11.1. The maximum Gasteiger partial charge on any atom is 0.261 e. The molecule has 0 amide bonds. The monoisotopic (exact) mass is 294 g/mol. The van der Waals surface area contributed by atoms with Crippen LogP contribution in [0.3, 0.4) is 0 Å². The molecular weight excluding hydrogens is 272 g/mol. The van der Waals surface area contributed by atoms with Gasteiger partial charge in [-0.1, -0.05) is 0 Å². The van der Waals surface area contributed by atoms with Crippen LogP contribution in [0, 0.1) is 0 Å². The van der Waals surface area contributed by atoms with Crippen LogP contribution < -0.4 is 5.73 Å². The summed E-state index contributed by atoms with van der Waals surface area (Å²) in [6, 6.07) is 0. The lowest BCUT2D eigenvalue weighted by Crippen LogP contribution is -2.16. The second-order valence-electron chi connectivity index (χ2n) is 3.41. The van der Waals surface area contributed by atoms with E-state index in [4.69, 9.17) is 14.8 Å². The Morgan fingerprint density at radius 2 is 1.24 bits per heavy atom. The molecule has 0 spiro atoms. The van der Waals surface area contributed by atoms with E-state index < -0.39 is 20.2 Å². The van der Waals surface area contributed by atoms with Gasteiger partial charge in [-0.2, -0.15) is 16.8 Å². The highest BCUT2D eigenvalue weighted by Crippen LogP contribution is 1.76. The predicted octanol–water partition coefficient (Wildman–Crippen LogP) is -1.10. The molecule has 0 unspecified atom stereocenters. The molecule has 0 saturated carbocycles. The quantitative estimate of drug-likeness (QED) is 0.558. The Labute approximate surface area is 103 Å². The first-order valence-electron chi connectivity index (χ1n) is 4.47. The third kappa shape index (κ3) is 212. The predicted molar refractivity (Wildman–Crippen MR) is 67.2 cm³/mol. The molecule has 0 aromatic rings. The standard InChI is InChI=1S/C5H14N2.2CH4O3S/c1-7(2)5-3-4-6;2*1-5(2,3)4/h3-6H2,1-2H3;2*1H3,(H,2,3,4). The summed E-state index contributed by atoms with van der Waals surface area (Å²) in [7, 11) is -3.23. The molecule has 0 rings (SSSR count). The van der Waals surface area contributed by atoms with Crippen LogP contribution in [0.1, 0.15) is 6.42 Å². The lowest BCUT2D eigenvalue weighted by atomic mass is 10.4. The fraction of sp³-hybridized carbons (Fsp3) is 1.00. The van der Waals surface area contributed by atoms with E-state index in [-0.39, 0.29) is 0 Å². The largest absolute Gasteiger partial charge is 0.330 e. The van der Waals surface area contributed by atoms with E-state index in [1.165, 1.54) is 0 Å². The molecule has 4 N–H and O–H groups in total. The molecule has 0 saturated heterocycles. The van der Waals surface area contributed by atoms with Gasteiger partial charge in [0.15, 0.2) is 0 Å². The molecule has 10 heteroatoms. The van der Waals surface area contributed by atoms with Crippen LogP contribution in [-0.2, 0) is 20.2 Å². The Kier molecular flexibility index (Phi) is 14.0. The number of nitrogens with zero attached hydrogens (tertiary/aromatic N) is 1. The van der Waals surface area contributed by atoms with Crippen LogP contribution in [0.2, 0.25) is 0 Å². The lowest BCUT2D eigenvalue weighted by molar-refractivity contribution is 0.403. The van der Waals surface area contributed by atoms with Crippen LogP contribution >= 0.6 is 0 Å². The van der Waals surface area contributed by atoms with E-state index in [1.807, 2.05) is 0 Å². The van der Waals surface area contributed by atoms with E-state index in [0.29, 0.717) is 12.5 Å². The molecule has 8 nitrogen and oxygen atoms in total. The SMILES string of the molecule is CN(C)CCCN.CS(=O)(=O)O.CS(=O)(=O)O. The Bertz CT molecular complexity index is 303. The number of hydrogen-bond donors (Lipinski definition) is 3. The summed E-state index contributed by atoms with van der Waals surface area (Å²) in [6.45, 7) is 1.91. The van der Waals surface area contributed by atoms with Crippen molar-refractivity contribution in [3.8, 4) is 0 Å². The second-order valence-corrected chi connectivity index (χ2v) is 6.34. The first-order chi connectivity index (χ1) is 7.27. The smallest absolute Gasteiger partial charge is 0.261 e. The van der Waals surface area contributed by atoms with Crippen molar-refractivity contribution >= 4 is 20.2 Å². The molecule has 17 heavy (non-hydrogen) atoms. The maximum absolute atomic E-state index is 9.19. The maximum atomic E-state index is 9.19. The summed E-state index contributed by atoms with van der Waals surface area (Å²) >= 11 is 0. The van der Waals surface area contributed by atoms with Crippen LogP contribution in [0.4, 0.5) is 0 Å². The third-order valence-corrected chi connectivity index (χ3v) is 0.809. The molecule has 0 aliphatic carbocycles. The minimum Gasteiger partial charge on any atom is -0.330 e. The molecular formula is C7H22N2O6S2. The van der Waals surface area contributed by atoms with Crippen molar-refractivity contribution in [2.45, 2.75) is 6.42 Å². The van der Waals surface area contributed by atoms with Crippen molar-refractivity contribution in [2.75, 3.05) is 39.7 Å². The van der Waals surface area contributed by atoms with Crippen LogP contribution in [0.5, 0.6) is 0 Å². The molecule has 0 bridgehead atoms. The van der Waals surface area contributed by atoms with Crippen molar-refractivity contribution in [2.24, 2.45) is 5.73 Å². The molecule has 0 fully saturated rings. The number of hydrogen-bond acceptors (Lipinski definition) is 6. The summed E-state index contributed by atoms with van der Waals surface area (Å²) in [5.74, 6) is 0. The Morgan fingerprint density at radius 1 is 1.00 bits per heavy atom. The average Bonchev–Trinajstić information content (AvgIpc) is 1.93. The number of nitrogens with two attached hydrogens (primary N) is 1. The van der Waals surface area contributed by atoms with Gasteiger partial charge in [0.1, 0.15) is 0 Å². The van der Waals surface area contributed by atoms with Crippen LogP contribution in [0.25, 0.3) is 0 Å². The third-order valence-electron chi connectivity index (χ3n) is 0.809. The minimum atomic E-state index is -3.67. The van der Waals surface area contributed by atoms with Gasteiger partial charge in [0.25, 0.3) is 20.2 Å². The van der Waals surface area contributed by atoms with Gasteiger partial charge in [-0.25, -0.2) is 0 Å². The van der Waals surface area contributed by atoms with Gasteiger partial charge in [0, 0.05) is 0 Å². The zero-order valence-corrected chi connectivity index (χ0v) is 12.1. The Morgan fingerprint density at radius 3 is 1.29 bits per heavy atom. The van der Waals surface area contributed by atoms with E-state index in [9.17, 15) is 16.8 Å². The highest BCUT2D eigenvalue weighted by Gasteiger charge is 1.84. The van der Waals surface area contributed by atoms with Gasteiger partial charge < -0.3 is 10.6 Å². The molecule has 0 aromatic carbocycles. The van der Waals surface area contributed by atoms with E-state index in [2.05, 4.69) is 19.0 Å². The first-order valence-corrected chi connectivity index (χ1v) is 8.16. The fourth-order valence-electron chi connectivity index (χ4n) is 0.408. The zero-order valence-electron chi connectivity index (χ0n) is 10.5. The zero-order chi connectivity index (χ0) is 14.7. The summed E-state index contributed by atoms with van der Waals surface area (Å²) < 4.78 is 51.7. The van der Waals surface area contributed by atoms with Gasteiger partial charge in [-0.15, -0.1) is 0 Å². The van der Waals surface area contributed by atoms with Crippen molar-refractivity contribution in [3.63, 3.8) is 0 Å². The highest BCUT2D eigenvalue weighted by molar-refractivity contribution is 7.85. The molecule has 108 valence electrons. The molecule has 0 radical (unpaired) electrons. The highest BCUT2D eigenvalue weighted by atomic mass is 32.2. The van der Waals surface area contributed by atoms with Crippen LogP contribution in [-0.4, -0.2) is 70.5 Å². The van der Waals surface area contributed by atoms with Crippen molar-refractivity contribution in [1.29, 1.82) is 0 Å². The van der Waals surface area contributed by atoms with E-state index in [1.54, 1.807) is 0 Å². The summed E-state index contributed by atoms with van der Waals surface area (Å²) in [6.07, 6.45) is 2.53. The summed E-state index contributed by atoms with van der Waals surface area (Å²) in [5, 5.41) is 0. The van der Waals surface area contributed by atoms with Gasteiger partial charge >= 0.3 is 0 Å². The van der Waals surface area contributed by atoms with E-state index in [0.717, 1.165) is 19.5 Å². The van der Waals surface area contributed by atoms with Crippen molar-refractivity contribution in [1.82, 2.24) is 4.90 Å². The summed E-state index contributed by atoms with van der Waals surface area (Å²) in [5.41, 5.74) is 5.25. The van der Waals surface area contributed by atoms with E-state index >= 15 is 0 Å². The molecule has 0 heterocycles. The van der Waals surface area contributed by atoms with Gasteiger partial charge in [0.05, 0.1) is 12.5 Å². The van der Waals surface area contributed by atoms with Crippen molar-refractivity contribution < 1.29 is 25.9 Å². The molecule has 0 aliphatic rings. The lowest BCUT2D eigenvalue weighted by Gasteiger charge is -2.05. The molecule has 0 aliphatic heterocycles. The second kappa shape index (κ2) is 10.9. The van der Waals surface area contributed by atoms with Gasteiger partial charge in [-0.3, -0.25) is 9.11 Å². The molecule has 0 atom stereocenters. The van der Waals surface area contributed by atoms with Gasteiger partial charge in [-0.05, 0) is 33.6 Å². The number of rotatable bonds is 3. The Hall–Kier alpha value is -0.260. The molecule has 0 aromatic heterocycles. The van der Waals surface area contributed by atoms with Crippen LogP contribution in [0.15, 0.2) is 0 Å².